The lowest BCUT2D eigenvalue weighted by molar-refractivity contribution is -0.121. The highest BCUT2D eigenvalue weighted by atomic mass is 16.5. The van der Waals surface area contributed by atoms with Crippen LogP contribution in [0.1, 0.15) is 23.2 Å². The molecule has 5 nitrogen and oxygen atoms in total. The normalized spacial score (nSPS) is 15.6. The van der Waals surface area contributed by atoms with Crippen LogP contribution in [0.3, 0.4) is 0 Å². The summed E-state index contributed by atoms with van der Waals surface area (Å²) >= 11 is 0. The van der Waals surface area contributed by atoms with E-state index in [0.717, 1.165) is 0 Å². The van der Waals surface area contributed by atoms with Gasteiger partial charge in [-0.25, -0.2) is 0 Å². The Bertz CT molecular complexity index is 484. The number of phenols is 1. The molecule has 1 aliphatic rings. The zero-order valence-electron chi connectivity index (χ0n) is 10.2. The van der Waals surface area contributed by atoms with Gasteiger partial charge in [0.25, 0.3) is 5.91 Å². The lowest BCUT2D eigenvalue weighted by Gasteiger charge is -2.26. The molecule has 1 aromatic carbocycles. The van der Waals surface area contributed by atoms with E-state index >= 15 is 0 Å². The van der Waals surface area contributed by atoms with Gasteiger partial charge in [-0.2, -0.15) is 0 Å². The lowest BCUT2D eigenvalue weighted by atomic mass is 10.1. The Kier molecular flexibility index (Phi) is 3.50. The van der Waals surface area contributed by atoms with Crippen molar-refractivity contribution in [2.45, 2.75) is 12.8 Å². The van der Waals surface area contributed by atoms with Crippen LogP contribution < -0.4 is 4.74 Å². The second kappa shape index (κ2) is 5.08. The van der Waals surface area contributed by atoms with Crippen molar-refractivity contribution in [1.82, 2.24) is 4.90 Å². The van der Waals surface area contributed by atoms with E-state index in [1.165, 1.54) is 18.1 Å². The molecule has 18 heavy (non-hydrogen) atoms. The smallest absolute Gasteiger partial charge is 0.258 e. The lowest BCUT2D eigenvalue weighted by Crippen LogP contribution is -2.40. The Morgan fingerprint density at radius 2 is 2.22 bits per heavy atom. The van der Waals surface area contributed by atoms with E-state index in [1.807, 2.05) is 0 Å². The first-order valence-corrected chi connectivity index (χ1v) is 5.80. The average molecular weight is 249 g/mol. The average Bonchev–Trinajstić information content (AvgIpc) is 2.38. The van der Waals surface area contributed by atoms with E-state index in [2.05, 4.69) is 0 Å². The number of rotatable bonds is 2. The first kappa shape index (κ1) is 12.4. The van der Waals surface area contributed by atoms with Crippen LogP contribution in [-0.4, -0.2) is 41.9 Å². The summed E-state index contributed by atoms with van der Waals surface area (Å²) in [6.45, 7) is 0.663. The van der Waals surface area contributed by atoms with E-state index in [9.17, 15) is 14.7 Å². The van der Waals surface area contributed by atoms with Crippen LogP contribution in [0.25, 0.3) is 0 Å². The third-order valence-corrected chi connectivity index (χ3v) is 2.99. The molecule has 0 saturated carbocycles. The van der Waals surface area contributed by atoms with Crippen molar-refractivity contribution in [1.29, 1.82) is 0 Å². The summed E-state index contributed by atoms with van der Waals surface area (Å²) in [7, 11) is 1.42. The highest BCUT2D eigenvalue weighted by molar-refractivity contribution is 6.00. The molecule has 5 heteroatoms. The monoisotopic (exact) mass is 249 g/mol. The van der Waals surface area contributed by atoms with Gasteiger partial charge >= 0.3 is 0 Å². The maximum atomic E-state index is 12.2. The van der Waals surface area contributed by atoms with Crippen molar-refractivity contribution in [2.75, 3.05) is 20.2 Å². The SMILES string of the molecule is COc1cccc(C(=O)N2CCCC(=O)C2)c1O. The molecule has 0 bridgehead atoms. The molecule has 2 rings (SSSR count). The standard InChI is InChI=1S/C13H15NO4/c1-18-11-6-2-5-10(12(11)16)13(17)14-7-3-4-9(15)8-14/h2,5-6,16H,3-4,7-8H2,1H3. The number of carbonyl (C=O) groups excluding carboxylic acids is 2. The molecule has 0 aliphatic carbocycles. The maximum Gasteiger partial charge on any atom is 0.258 e. The Labute approximate surface area is 105 Å². The van der Waals surface area contributed by atoms with E-state index in [0.29, 0.717) is 19.4 Å². The molecule has 1 amide bonds. The van der Waals surface area contributed by atoms with Gasteiger partial charge in [0.15, 0.2) is 17.3 Å². The molecule has 1 saturated heterocycles. The molecule has 0 atom stereocenters. The molecule has 0 unspecified atom stereocenters. The number of methoxy groups -OCH3 is 1. The number of aromatic hydroxyl groups is 1. The fourth-order valence-electron chi connectivity index (χ4n) is 2.04. The number of phenolic OH excluding ortho intramolecular Hbond substituents is 1. The number of amides is 1. The molecule has 0 radical (unpaired) electrons. The quantitative estimate of drug-likeness (QED) is 0.855. The predicted molar refractivity (Wildman–Crippen MR) is 64.8 cm³/mol. The topological polar surface area (TPSA) is 66.8 Å². The minimum atomic E-state index is -0.334. The summed E-state index contributed by atoms with van der Waals surface area (Å²) in [6, 6.07) is 4.74. The molecular formula is C13H15NO4. The fourth-order valence-corrected chi connectivity index (χ4v) is 2.04. The van der Waals surface area contributed by atoms with Gasteiger partial charge in [-0.05, 0) is 18.6 Å². The highest BCUT2D eigenvalue weighted by Crippen LogP contribution is 2.30. The van der Waals surface area contributed by atoms with Crippen LogP contribution in [0, 0.1) is 0 Å². The second-order valence-corrected chi connectivity index (χ2v) is 4.23. The van der Waals surface area contributed by atoms with E-state index in [4.69, 9.17) is 4.74 Å². The van der Waals surface area contributed by atoms with Crippen molar-refractivity contribution in [3.05, 3.63) is 23.8 Å². The number of hydrogen-bond donors (Lipinski definition) is 1. The van der Waals surface area contributed by atoms with Gasteiger partial charge in [0, 0.05) is 13.0 Å². The van der Waals surface area contributed by atoms with Crippen LogP contribution in [0.15, 0.2) is 18.2 Å². The first-order valence-electron chi connectivity index (χ1n) is 5.80. The molecular weight excluding hydrogens is 234 g/mol. The van der Waals surface area contributed by atoms with Gasteiger partial charge < -0.3 is 14.7 Å². The van der Waals surface area contributed by atoms with E-state index < -0.39 is 0 Å². The zero-order chi connectivity index (χ0) is 13.1. The van der Waals surface area contributed by atoms with E-state index in [1.54, 1.807) is 12.1 Å². The number of carbonyl (C=O) groups is 2. The number of ether oxygens (including phenoxy) is 1. The van der Waals surface area contributed by atoms with Gasteiger partial charge in [0.2, 0.25) is 0 Å². The van der Waals surface area contributed by atoms with Crippen LogP contribution in [0.2, 0.25) is 0 Å². The molecule has 0 aromatic heterocycles. The third kappa shape index (κ3) is 2.30. The number of benzene rings is 1. The third-order valence-electron chi connectivity index (χ3n) is 2.99. The molecule has 1 fully saturated rings. The van der Waals surface area contributed by atoms with Gasteiger partial charge in [0.1, 0.15) is 0 Å². The molecule has 1 heterocycles. The number of para-hydroxylation sites is 1. The molecule has 96 valence electrons. The summed E-state index contributed by atoms with van der Waals surface area (Å²) in [5.74, 6) is -0.205. The summed E-state index contributed by atoms with van der Waals surface area (Å²) in [6.07, 6.45) is 1.20. The minimum Gasteiger partial charge on any atom is -0.504 e. The second-order valence-electron chi connectivity index (χ2n) is 4.23. The first-order chi connectivity index (χ1) is 8.63. The molecule has 0 spiro atoms. The summed E-state index contributed by atoms with van der Waals surface area (Å²) in [4.78, 5) is 25.0. The largest absolute Gasteiger partial charge is 0.504 e. The number of hydrogen-bond acceptors (Lipinski definition) is 4. The Hall–Kier alpha value is -2.04. The van der Waals surface area contributed by atoms with Crippen molar-refractivity contribution < 1.29 is 19.4 Å². The number of piperidine rings is 1. The molecule has 1 aromatic rings. The molecule has 1 N–H and O–H groups in total. The summed E-state index contributed by atoms with van der Waals surface area (Å²) < 4.78 is 4.96. The highest BCUT2D eigenvalue weighted by Gasteiger charge is 2.25. The van der Waals surface area contributed by atoms with Crippen molar-refractivity contribution in [3.8, 4) is 11.5 Å². The number of likely N-dealkylation sites (tertiary alicyclic amines) is 1. The van der Waals surface area contributed by atoms with Crippen molar-refractivity contribution in [3.63, 3.8) is 0 Å². The van der Waals surface area contributed by atoms with Gasteiger partial charge in [-0.3, -0.25) is 9.59 Å². The number of Topliss-reactive ketones (excluding diaryl/α,β-unsaturated/α-hetero) is 1. The number of ketones is 1. The van der Waals surface area contributed by atoms with Crippen LogP contribution >= 0.6 is 0 Å². The van der Waals surface area contributed by atoms with Crippen LogP contribution in [0.5, 0.6) is 11.5 Å². The Balaban J connectivity index is 2.25. The van der Waals surface area contributed by atoms with Gasteiger partial charge in [0.05, 0.1) is 19.2 Å². The van der Waals surface area contributed by atoms with Gasteiger partial charge in [-0.15, -0.1) is 0 Å². The minimum absolute atomic E-state index is 0.0528. The van der Waals surface area contributed by atoms with Gasteiger partial charge in [-0.1, -0.05) is 6.07 Å². The maximum absolute atomic E-state index is 12.2. The van der Waals surface area contributed by atoms with Crippen LogP contribution in [-0.2, 0) is 4.79 Å². The summed E-state index contributed by atoms with van der Waals surface area (Å²) in [5.41, 5.74) is 0.170. The zero-order valence-corrected chi connectivity index (χ0v) is 10.2. The van der Waals surface area contributed by atoms with E-state index in [-0.39, 0.29) is 35.3 Å². The Morgan fingerprint density at radius 3 is 2.89 bits per heavy atom. The Morgan fingerprint density at radius 1 is 1.44 bits per heavy atom. The summed E-state index contributed by atoms with van der Waals surface area (Å²) in [5, 5.41) is 9.90. The van der Waals surface area contributed by atoms with Crippen LogP contribution in [0.4, 0.5) is 0 Å². The van der Waals surface area contributed by atoms with Crippen molar-refractivity contribution in [2.24, 2.45) is 0 Å². The van der Waals surface area contributed by atoms with Crippen molar-refractivity contribution >= 4 is 11.7 Å². The number of nitrogens with zero attached hydrogens (tertiary/aromatic N) is 1. The predicted octanol–water partition coefficient (Wildman–Crippen LogP) is 1.21. The molecule has 1 aliphatic heterocycles. The fraction of sp³-hybridized carbons (Fsp3) is 0.385.